The highest BCUT2D eigenvalue weighted by molar-refractivity contribution is 5.99. The summed E-state index contributed by atoms with van der Waals surface area (Å²) in [5, 5.41) is 0. The summed E-state index contributed by atoms with van der Waals surface area (Å²) in [6, 6.07) is 6.06. The van der Waals surface area contributed by atoms with E-state index in [0.717, 1.165) is 36.2 Å². The Labute approximate surface area is 117 Å². The quantitative estimate of drug-likeness (QED) is 0.705. The van der Waals surface area contributed by atoms with E-state index >= 15 is 0 Å². The second kappa shape index (κ2) is 7.41. The summed E-state index contributed by atoms with van der Waals surface area (Å²) in [5.74, 6) is 0.216. The number of nitrogens with zero attached hydrogens (tertiary/aromatic N) is 2. The molecule has 0 bridgehead atoms. The van der Waals surface area contributed by atoms with Crippen molar-refractivity contribution in [3.05, 3.63) is 34.9 Å². The minimum absolute atomic E-state index is 0.216. The molecule has 0 radical (unpaired) electrons. The molecule has 0 aliphatic rings. The van der Waals surface area contributed by atoms with Crippen LogP contribution in [0.2, 0.25) is 0 Å². The molecule has 0 heterocycles. The Morgan fingerprint density at radius 3 is 2.42 bits per heavy atom. The molecule has 3 heteroatoms. The Morgan fingerprint density at radius 2 is 1.79 bits per heavy atom. The highest BCUT2D eigenvalue weighted by Crippen LogP contribution is 2.11. The minimum Gasteiger partial charge on any atom is -0.309 e. The first kappa shape index (κ1) is 15.9. The van der Waals surface area contributed by atoms with Crippen LogP contribution in [-0.2, 0) is 0 Å². The Kier molecular flexibility index (Phi) is 6.19. The minimum atomic E-state index is 0.216. The molecular formula is C16H26N2O. The second-order valence-electron chi connectivity index (χ2n) is 5.64. The van der Waals surface area contributed by atoms with Crippen LogP contribution in [0.15, 0.2) is 18.2 Å². The Bertz CT molecular complexity index is 427. The van der Waals surface area contributed by atoms with Gasteiger partial charge >= 0.3 is 0 Å². The number of benzene rings is 1. The Morgan fingerprint density at radius 1 is 1.11 bits per heavy atom. The normalized spacial score (nSPS) is 11.3. The number of likely N-dealkylation sites (N-methyl/N-ethyl adjacent to an activating group) is 1. The van der Waals surface area contributed by atoms with E-state index in [9.17, 15) is 4.79 Å². The molecule has 19 heavy (non-hydrogen) atoms. The van der Waals surface area contributed by atoms with Gasteiger partial charge in [-0.25, -0.2) is 0 Å². The van der Waals surface area contributed by atoms with Gasteiger partial charge in [0.15, 0.2) is 5.78 Å². The lowest BCUT2D eigenvalue weighted by Gasteiger charge is -2.18. The first-order valence-electron chi connectivity index (χ1n) is 6.84. The smallest absolute Gasteiger partial charge is 0.177 e. The molecule has 0 fully saturated rings. The molecule has 106 valence electrons. The molecule has 1 rings (SSSR count). The maximum absolute atomic E-state index is 12.3. The highest BCUT2D eigenvalue weighted by Gasteiger charge is 2.11. The third-order valence-electron chi connectivity index (χ3n) is 3.25. The largest absolute Gasteiger partial charge is 0.309 e. The van der Waals surface area contributed by atoms with Gasteiger partial charge in [-0.3, -0.25) is 9.69 Å². The third kappa shape index (κ3) is 5.53. The van der Waals surface area contributed by atoms with Gasteiger partial charge in [-0.1, -0.05) is 17.7 Å². The van der Waals surface area contributed by atoms with Crippen molar-refractivity contribution in [2.24, 2.45) is 0 Å². The molecule has 0 aliphatic carbocycles. The van der Waals surface area contributed by atoms with Crippen LogP contribution in [0.1, 0.15) is 27.9 Å². The summed E-state index contributed by atoms with van der Waals surface area (Å²) < 4.78 is 0. The van der Waals surface area contributed by atoms with Crippen molar-refractivity contribution in [2.75, 3.05) is 40.8 Å². The maximum atomic E-state index is 12.3. The van der Waals surface area contributed by atoms with Gasteiger partial charge in [0.2, 0.25) is 0 Å². The number of carbonyl (C=O) groups excluding carboxylic acids is 1. The van der Waals surface area contributed by atoms with Crippen LogP contribution in [0.5, 0.6) is 0 Å². The predicted molar refractivity (Wildman–Crippen MR) is 80.9 cm³/mol. The van der Waals surface area contributed by atoms with Gasteiger partial charge < -0.3 is 4.90 Å². The van der Waals surface area contributed by atoms with Crippen LogP contribution in [0.25, 0.3) is 0 Å². The molecule has 0 aromatic heterocycles. The van der Waals surface area contributed by atoms with Gasteiger partial charge in [0.25, 0.3) is 0 Å². The lowest BCUT2D eigenvalue weighted by molar-refractivity contribution is 0.0944. The van der Waals surface area contributed by atoms with E-state index in [-0.39, 0.29) is 5.78 Å². The molecule has 0 saturated carbocycles. The first-order valence-corrected chi connectivity index (χ1v) is 6.84. The molecule has 1 aromatic rings. The van der Waals surface area contributed by atoms with Gasteiger partial charge in [0.05, 0.1) is 6.54 Å². The molecule has 1 aromatic carbocycles. The predicted octanol–water partition coefficient (Wildman–Crippen LogP) is 2.37. The SMILES string of the molecule is Cc1ccc(C)c(C(=O)CN(C)CCCN(C)C)c1. The van der Waals surface area contributed by atoms with Crippen molar-refractivity contribution in [2.45, 2.75) is 20.3 Å². The molecule has 0 N–H and O–H groups in total. The maximum Gasteiger partial charge on any atom is 0.177 e. The van der Waals surface area contributed by atoms with Crippen LogP contribution in [0.4, 0.5) is 0 Å². The zero-order valence-electron chi connectivity index (χ0n) is 12.9. The van der Waals surface area contributed by atoms with Crippen molar-refractivity contribution in [1.82, 2.24) is 9.80 Å². The zero-order valence-corrected chi connectivity index (χ0v) is 12.9. The van der Waals surface area contributed by atoms with Crippen molar-refractivity contribution in [3.63, 3.8) is 0 Å². The van der Waals surface area contributed by atoms with Gasteiger partial charge in [0, 0.05) is 5.56 Å². The van der Waals surface area contributed by atoms with E-state index in [0.29, 0.717) is 6.54 Å². The van der Waals surface area contributed by atoms with E-state index in [1.165, 1.54) is 0 Å². The summed E-state index contributed by atoms with van der Waals surface area (Å²) in [4.78, 5) is 16.5. The van der Waals surface area contributed by atoms with Gasteiger partial charge in [-0.2, -0.15) is 0 Å². The van der Waals surface area contributed by atoms with Crippen LogP contribution >= 0.6 is 0 Å². The van der Waals surface area contributed by atoms with Gasteiger partial charge in [-0.15, -0.1) is 0 Å². The number of rotatable bonds is 7. The molecular weight excluding hydrogens is 236 g/mol. The molecule has 0 saturated heterocycles. The average molecular weight is 262 g/mol. The highest BCUT2D eigenvalue weighted by atomic mass is 16.1. The lowest BCUT2D eigenvalue weighted by Crippen LogP contribution is -2.29. The fraction of sp³-hybridized carbons (Fsp3) is 0.562. The van der Waals surface area contributed by atoms with Crippen molar-refractivity contribution in [1.29, 1.82) is 0 Å². The number of Topliss-reactive ketones (excluding diaryl/α,β-unsaturated/α-hetero) is 1. The van der Waals surface area contributed by atoms with Crippen molar-refractivity contribution in [3.8, 4) is 0 Å². The zero-order chi connectivity index (χ0) is 14.4. The third-order valence-corrected chi connectivity index (χ3v) is 3.25. The number of hydrogen-bond donors (Lipinski definition) is 0. The van der Waals surface area contributed by atoms with Gasteiger partial charge in [0.1, 0.15) is 0 Å². The fourth-order valence-corrected chi connectivity index (χ4v) is 2.10. The molecule has 0 amide bonds. The van der Waals surface area contributed by atoms with E-state index in [2.05, 4.69) is 23.9 Å². The van der Waals surface area contributed by atoms with E-state index in [1.54, 1.807) is 0 Å². The molecule has 0 aliphatic heterocycles. The Balaban J connectivity index is 2.52. The van der Waals surface area contributed by atoms with Crippen LogP contribution < -0.4 is 0 Å². The summed E-state index contributed by atoms with van der Waals surface area (Å²) in [6.45, 7) is 6.53. The van der Waals surface area contributed by atoms with E-state index in [4.69, 9.17) is 0 Å². The fourth-order valence-electron chi connectivity index (χ4n) is 2.10. The summed E-state index contributed by atoms with van der Waals surface area (Å²) in [5.41, 5.74) is 3.07. The summed E-state index contributed by atoms with van der Waals surface area (Å²) in [7, 11) is 6.15. The second-order valence-corrected chi connectivity index (χ2v) is 5.64. The first-order chi connectivity index (χ1) is 8.90. The monoisotopic (exact) mass is 262 g/mol. The summed E-state index contributed by atoms with van der Waals surface area (Å²) in [6.07, 6.45) is 1.09. The van der Waals surface area contributed by atoms with Crippen molar-refractivity contribution >= 4 is 5.78 Å². The average Bonchev–Trinajstić information content (AvgIpc) is 2.31. The Hall–Kier alpha value is -1.19. The molecule has 0 spiro atoms. The van der Waals surface area contributed by atoms with E-state index < -0.39 is 0 Å². The van der Waals surface area contributed by atoms with Crippen LogP contribution in [-0.4, -0.2) is 56.4 Å². The van der Waals surface area contributed by atoms with Crippen LogP contribution in [0.3, 0.4) is 0 Å². The van der Waals surface area contributed by atoms with Crippen LogP contribution in [0, 0.1) is 13.8 Å². The standard InChI is InChI=1S/C16H26N2O/c1-13-7-8-14(2)15(11-13)16(19)12-18(5)10-6-9-17(3)4/h7-8,11H,6,9-10,12H2,1-5H3. The molecule has 0 atom stereocenters. The summed E-state index contributed by atoms with van der Waals surface area (Å²) >= 11 is 0. The lowest BCUT2D eigenvalue weighted by atomic mass is 10.0. The number of aryl methyl sites for hydroxylation is 2. The molecule has 3 nitrogen and oxygen atoms in total. The van der Waals surface area contributed by atoms with E-state index in [1.807, 2.05) is 39.1 Å². The molecule has 0 unspecified atom stereocenters. The topological polar surface area (TPSA) is 23.6 Å². The number of ketones is 1. The number of carbonyl (C=O) groups is 1. The van der Waals surface area contributed by atoms with Gasteiger partial charge in [-0.05, 0) is 66.1 Å². The number of hydrogen-bond acceptors (Lipinski definition) is 3. The van der Waals surface area contributed by atoms with Crippen molar-refractivity contribution < 1.29 is 4.79 Å².